The second-order valence-electron chi connectivity index (χ2n) is 10.7. The van der Waals surface area contributed by atoms with Crippen molar-refractivity contribution in [3.8, 4) is 17.2 Å². The van der Waals surface area contributed by atoms with E-state index in [0.29, 0.717) is 47.9 Å². The number of benzene rings is 2. The molecule has 0 saturated carbocycles. The number of nitrogens with zero attached hydrogens (tertiary/aromatic N) is 5. The molecule has 0 bridgehead atoms. The van der Waals surface area contributed by atoms with E-state index in [0.717, 1.165) is 36.4 Å². The summed E-state index contributed by atoms with van der Waals surface area (Å²) in [6, 6.07) is 13.7. The third kappa shape index (κ3) is 7.92. The van der Waals surface area contributed by atoms with Gasteiger partial charge in [-0.25, -0.2) is 14.8 Å². The predicted octanol–water partition coefficient (Wildman–Crippen LogP) is 5.55. The highest BCUT2D eigenvalue weighted by Gasteiger charge is 2.26. The summed E-state index contributed by atoms with van der Waals surface area (Å²) < 4.78 is 22.4. The van der Waals surface area contributed by atoms with Crippen LogP contribution < -0.4 is 19.1 Å². The van der Waals surface area contributed by atoms with Gasteiger partial charge in [0.1, 0.15) is 40.1 Å². The number of hydrogen-bond donors (Lipinski definition) is 0. The maximum atomic E-state index is 12.5. The topological polar surface area (TPSA) is 89.5 Å². The minimum atomic E-state index is -0.506. The van der Waals surface area contributed by atoms with E-state index < -0.39 is 5.60 Å². The van der Waals surface area contributed by atoms with Gasteiger partial charge in [0.15, 0.2) is 0 Å². The number of halogens is 1. The average molecular weight is 584 g/mol. The molecule has 0 atom stereocenters. The van der Waals surface area contributed by atoms with Crippen molar-refractivity contribution in [1.29, 1.82) is 0 Å². The van der Waals surface area contributed by atoms with Gasteiger partial charge in [-0.05, 0) is 38.5 Å². The van der Waals surface area contributed by atoms with Crippen LogP contribution in [-0.4, -0.2) is 79.0 Å². The van der Waals surface area contributed by atoms with Gasteiger partial charge in [-0.2, -0.15) is 0 Å². The SMILES string of the molecule is COc1cc(OC)c(CN(c2cccc(CN3CCN(C(=O)OC(C)(C)C)CC3)c2)c2cc(Cl)ncn2)c(OC)c1. The molecule has 220 valence electrons. The molecule has 0 spiro atoms. The molecular weight excluding hydrogens is 546 g/mol. The van der Waals surface area contributed by atoms with Crippen molar-refractivity contribution in [2.75, 3.05) is 52.4 Å². The first kappa shape index (κ1) is 30.2. The first-order valence-corrected chi connectivity index (χ1v) is 13.8. The summed E-state index contributed by atoms with van der Waals surface area (Å²) in [6.45, 7) is 9.54. The van der Waals surface area contributed by atoms with Gasteiger partial charge in [-0.15, -0.1) is 0 Å². The summed E-state index contributed by atoms with van der Waals surface area (Å²) in [6.07, 6.45) is 1.18. The molecule has 4 rings (SSSR count). The Hall–Kier alpha value is -3.76. The minimum absolute atomic E-state index is 0.261. The molecule has 1 aliphatic rings. The van der Waals surface area contributed by atoms with E-state index in [9.17, 15) is 4.79 Å². The summed E-state index contributed by atoms with van der Waals surface area (Å²) in [7, 11) is 4.84. The minimum Gasteiger partial charge on any atom is -0.496 e. The van der Waals surface area contributed by atoms with E-state index in [2.05, 4.69) is 27.0 Å². The lowest BCUT2D eigenvalue weighted by Gasteiger charge is -2.35. The van der Waals surface area contributed by atoms with Crippen LogP contribution in [0, 0.1) is 0 Å². The zero-order valence-electron chi connectivity index (χ0n) is 24.5. The van der Waals surface area contributed by atoms with E-state index in [1.54, 1.807) is 32.3 Å². The van der Waals surface area contributed by atoms with Gasteiger partial charge in [-0.1, -0.05) is 23.7 Å². The van der Waals surface area contributed by atoms with Crippen LogP contribution in [0.15, 0.2) is 48.8 Å². The van der Waals surface area contributed by atoms with Crippen molar-refractivity contribution in [1.82, 2.24) is 19.8 Å². The highest BCUT2D eigenvalue weighted by Crippen LogP contribution is 2.38. The Labute approximate surface area is 246 Å². The van der Waals surface area contributed by atoms with Crippen LogP contribution in [-0.2, 0) is 17.8 Å². The summed E-state index contributed by atoms with van der Waals surface area (Å²) in [4.78, 5) is 27.2. The molecule has 0 aliphatic carbocycles. The molecule has 1 saturated heterocycles. The van der Waals surface area contributed by atoms with Crippen LogP contribution in [0.25, 0.3) is 0 Å². The van der Waals surface area contributed by atoms with E-state index >= 15 is 0 Å². The number of anilines is 2. The molecular formula is C30H38ClN5O5. The third-order valence-electron chi connectivity index (χ3n) is 6.68. The number of aromatic nitrogens is 2. The number of carbonyl (C=O) groups is 1. The number of hydrogen-bond acceptors (Lipinski definition) is 9. The molecule has 1 aliphatic heterocycles. The molecule has 41 heavy (non-hydrogen) atoms. The number of piperazine rings is 1. The van der Waals surface area contributed by atoms with Gasteiger partial charge in [0.2, 0.25) is 0 Å². The highest BCUT2D eigenvalue weighted by atomic mass is 35.5. The molecule has 0 unspecified atom stereocenters. The van der Waals surface area contributed by atoms with Gasteiger partial charge in [0.05, 0.1) is 33.4 Å². The Morgan fingerprint density at radius 1 is 0.951 bits per heavy atom. The number of rotatable bonds is 9. The van der Waals surface area contributed by atoms with Crippen LogP contribution in [0.1, 0.15) is 31.9 Å². The Morgan fingerprint density at radius 3 is 2.22 bits per heavy atom. The fraction of sp³-hybridized carbons (Fsp3) is 0.433. The van der Waals surface area contributed by atoms with Crippen molar-refractivity contribution in [2.24, 2.45) is 0 Å². The van der Waals surface area contributed by atoms with Crippen LogP contribution >= 0.6 is 11.6 Å². The second kappa shape index (κ2) is 13.3. The first-order valence-electron chi connectivity index (χ1n) is 13.4. The van der Waals surface area contributed by atoms with Crippen molar-refractivity contribution in [2.45, 2.75) is 39.5 Å². The van der Waals surface area contributed by atoms with Crippen LogP contribution in [0.2, 0.25) is 5.15 Å². The van der Waals surface area contributed by atoms with Crippen molar-refractivity contribution in [3.63, 3.8) is 0 Å². The number of ether oxygens (including phenoxy) is 4. The van der Waals surface area contributed by atoms with Crippen molar-refractivity contribution in [3.05, 3.63) is 65.1 Å². The number of methoxy groups -OCH3 is 3. The fourth-order valence-electron chi connectivity index (χ4n) is 4.66. The second-order valence-corrected chi connectivity index (χ2v) is 11.1. The Kier molecular flexibility index (Phi) is 9.77. The fourth-order valence-corrected chi connectivity index (χ4v) is 4.81. The number of amides is 1. The first-order chi connectivity index (χ1) is 19.6. The molecule has 2 heterocycles. The van der Waals surface area contributed by atoms with Crippen LogP contribution in [0.5, 0.6) is 17.2 Å². The van der Waals surface area contributed by atoms with Gasteiger partial charge in [-0.3, -0.25) is 4.90 Å². The molecule has 11 heteroatoms. The molecule has 0 radical (unpaired) electrons. The molecule has 1 aromatic heterocycles. The lowest BCUT2D eigenvalue weighted by atomic mass is 10.1. The quantitative estimate of drug-likeness (QED) is 0.301. The largest absolute Gasteiger partial charge is 0.496 e. The summed E-state index contributed by atoms with van der Waals surface area (Å²) in [5.74, 6) is 2.52. The van der Waals surface area contributed by atoms with Gasteiger partial charge >= 0.3 is 6.09 Å². The molecule has 2 aromatic carbocycles. The Balaban J connectivity index is 1.57. The van der Waals surface area contributed by atoms with E-state index in [4.69, 9.17) is 30.5 Å². The van der Waals surface area contributed by atoms with E-state index in [-0.39, 0.29) is 6.09 Å². The monoisotopic (exact) mass is 583 g/mol. The third-order valence-corrected chi connectivity index (χ3v) is 6.89. The standard InChI is InChI=1S/C30H38ClN5O5/c1-30(2,3)41-29(37)35-12-10-34(11-13-35)18-21-8-7-9-22(14-21)36(28-17-27(31)32-20-33-28)19-24-25(39-5)15-23(38-4)16-26(24)40-6/h7-9,14-17,20H,10-13,18-19H2,1-6H3. The molecule has 10 nitrogen and oxygen atoms in total. The molecule has 1 fully saturated rings. The van der Waals surface area contributed by atoms with E-state index in [1.165, 1.54) is 6.33 Å². The summed E-state index contributed by atoms with van der Waals surface area (Å²) in [5, 5.41) is 0.340. The molecule has 1 amide bonds. The molecule has 0 N–H and O–H groups in total. The van der Waals surface area contributed by atoms with E-state index in [1.807, 2.05) is 49.9 Å². The van der Waals surface area contributed by atoms with Gasteiger partial charge in [0.25, 0.3) is 0 Å². The lowest BCUT2D eigenvalue weighted by Crippen LogP contribution is -2.49. The maximum absolute atomic E-state index is 12.5. The maximum Gasteiger partial charge on any atom is 0.410 e. The van der Waals surface area contributed by atoms with Crippen molar-refractivity contribution >= 4 is 29.2 Å². The van der Waals surface area contributed by atoms with Crippen molar-refractivity contribution < 1.29 is 23.7 Å². The smallest absolute Gasteiger partial charge is 0.410 e. The summed E-state index contributed by atoms with van der Waals surface area (Å²) in [5.41, 5.74) is 2.37. The van der Waals surface area contributed by atoms with Gasteiger partial charge in [0, 0.05) is 56.6 Å². The lowest BCUT2D eigenvalue weighted by molar-refractivity contribution is 0.0139. The van der Waals surface area contributed by atoms with Gasteiger partial charge < -0.3 is 28.7 Å². The zero-order valence-corrected chi connectivity index (χ0v) is 25.3. The Bertz CT molecular complexity index is 1320. The average Bonchev–Trinajstić information content (AvgIpc) is 2.95. The zero-order chi connectivity index (χ0) is 29.6. The molecule has 3 aromatic rings. The highest BCUT2D eigenvalue weighted by molar-refractivity contribution is 6.29. The summed E-state index contributed by atoms with van der Waals surface area (Å²) >= 11 is 6.28. The predicted molar refractivity (Wildman–Crippen MR) is 159 cm³/mol. The van der Waals surface area contributed by atoms with Crippen LogP contribution in [0.4, 0.5) is 16.3 Å². The van der Waals surface area contributed by atoms with Crippen LogP contribution in [0.3, 0.4) is 0 Å². The number of carbonyl (C=O) groups excluding carboxylic acids is 1. The normalized spacial score (nSPS) is 14.0. The Morgan fingerprint density at radius 2 is 1.63 bits per heavy atom.